The predicted octanol–water partition coefficient (Wildman–Crippen LogP) is 4.86. The van der Waals surface area contributed by atoms with Crippen LogP contribution in [0.2, 0.25) is 0 Å². The van der Waals surface area contributed by atoms with E-state index in [1.165, 1.54) is 12.1 Å². The first-order valence-corrected chi connectivity index (χ1v) is 8.52. The first-order valence-electron chi connectivity index (χ1n) is 8.52. The van der Waals surface area contributed by atoms with E-state index in [0.717, 1.165) is 22.3 Å². The molecule has 0 bridgehead atoms. The third-order valence-corrected chi connectivity index (χ3v) is 4.45. The van der Waals surface area contributed by atoms with Crippen LogP contribution in [-0.4, -0.2) is 16.2 Å². The molecule has 0 atom stereocenters. The lowest BCUT2D eigenvalue weighted by Gasteiger charge is -2.21. The highest BCUT2D eigenvalue weighted by molar-refractivity contribution is 5.79. The highest BCUT2D eigenvalue weighted by Crippen LogP contribution is 2.36. The van der Waals surface area contributed by atoms with E-state index in [2.05, 4.69) is 33.8 Å². The number of aliphatic hydroxyl groups is 1. The van der Waals surface area contributed by atoms with Crippen molar-refractivity contribution in [1.82, 2.24) is 0 Å². The zero-order valence-electron chi connectivity index (χ0n) is 15.1. The molecule has 0 aliphatic heterocycles. The molecule has 0 heterocycles. The molecule has 0 fully saturated rings. The molecule has 4 heteroatoms. The van der Waals surface area contributed by atoms with Gasteiger partial charge in [-0.05, 0) is 57.3 Å². The van der Waals surface area contributed by atoms with Gasteiger partial charge in [-0.25, -0.2) is 4.39 Å². The van der Waals surface area contributed by atoms with Gasteiger partial charge in [0.25, 0.3) is 0 Å². The lowest BCUT2D eigenvalue weighted by atomic mass is 9.84. The summed E-state index contributed by atoms with van der Waals surface area (Å²) in [4.78, 5) is 11.2. The average molecular weight is 344 g/mol. The van der Waals surface area contributed by atoms with Gasteiger partial charge in [0.05, 0.1) is 13.0 Å². The normalized spacial score (nSPS) is 11.4. The Balaban J connectivity index is 2.79. The fourth-order valence-corrected chi connectivity index (χ4v) is 3.12. The van der Waals surface area contributed by atoms with Gasteiger partial charge in [0.1, 0.15) is 5.82 Å². The van der Waals surface area contributed by atoms with Gasteiger partial charge in [0.2, 0.25) is 0 Å². The van der Waals surface area contributed by atoms with Crippen molar-refractivity contribution in [3.8, 4) is 11.1 Å². The lowest BCUT2D eigenvalue weighted by molar-refractivity contribution is -0.136. The van der Waals surface area contributed by atoms with Gasteiger partial charge >= 0.3 is 5.97 Å². The van der Waals surface area contributed by atoms with Crippen LogP contribution in [-0.2, 0) is 17.8 Å². The van der Waals surface area contributed by atoms with E-state index in [1.807, 2.05) is 6.07 Å². The quantitative estimate of drug-likeness (QED) is 0.787. The van der Waals surface area contributed by atoms with Gasteiger partial charge in [-0.15, -0.1) is 0 Å². The Morgan fingerprint density at radius 3 is 2.24 bits per heavy atom. The van der Waals surface area contributed by atoms with Crippen LogP contribution >= 0.6 is 0 Å². The third-order valence-electron chi connectivity index (χ3n) is 4.45. The van der Waals surface area contributed by atoms with Gasteiger partial charge in [-0.2, -0.15) is 0 Å². The SMILES string of the molecule is CC(C)c1cc(-c2ccc(F)cc2CC(=O)O)c(CO)c(C(C)C)c1. The van der Waals surface area contributed by atoms with Crippen molar-refractivity contribution in [3.05, 3.63) is 58.4 Å². The molecule has 0 aliphatic carbocycles. The summed E-state index contributed by atoms with van der Waals surface area (Å²) in [5.41, 5.74) is 4.79. The molecule has 2 rings (SSSR count). The molecule has 0 amide bonds. The van der Waals surface area contributed by atoms with Crippen LogP contribution < -0.4 is 0 Å². The summed E-state index contributed by atoms with van der Waals surface area (Å²) in [6.45, 7) is 8.15. The zero-order chi connectivity index (χ0) is 18.7. The molecule has 0 saturated heterocycles. The molecule has 0 aromatic heterocycles. The highest BCUT2D eigenvalue weighted by Gasteiger charge is 2.19. The van der Waals surface area contributed by atoms with Crippen LogP contribution in [0.1, 0.15) is 61.8 Å². The van der Waals surface area contributed by atoms with E-state index in [-0.39, 0.29) is 24.9 Å². The van der Waals surface area contributed by atoms with Crippen molar-refractivity contribution in [2.24, 2.45) is 0 Å². The lowest BCUT2D eigenvalue weighted by Crippen LogP contribution is -2.06. The van der Waals surface area contributed by atoms with Crippen LogP contribution in [0.15, 0.2) is 30.3 Å². The summed E-state index contributed by atoms with van der Waals surface area (Å²) in [7, 11) is 0. The van der Waals surface area contributed by atoms with Crippen molar-refractivity contribution in [3.63, 3.8) is 0 Å². The average Bonchev–Trinajstić information content (AvgIpc) is 2.53. The van der Waals surface area contributed by atoms with Gasteiger partial charge in [0.15, 0.2) is 0 Å². The Morgan fingerprint density at radius 2 is 1.72 bits per heavy atom. The van der Waals surface area contributed by atoms with E-state index in [4.69, 9.17) is 5.11 Å². The molecule has 2 aromatic carbocycles. The molecule has 0 spiro atoms. The minimum atomic E-state index is -1.01. The fraction of sp³-hybridized carbons (Fsp3) is 0.381. The highest BCUT2D eigenvalue weighted by atomic mass is 19.1. The first kappa shape index (κ1) is 19.1. The fourth-order valence-electron chi connectivity index (χ4n) is 3.12. The third kappa shape index (κ3) is 4.26. The molecular weight excluding hydrogens is 319 g/mol. The second kappa shape index (κ2) is 7.79. The van der Waals surface area contributed by atoms with Crippen LogP contribution in [0.3, 0.4) is 0 Å². The minimum Gasteiger partial charge on any atom is -0.481 e. The van der Waals surface area contributed by atoms with Gasteiger partial charge < -0.3 is 10.2 Å². The topological polar surface area (TPSA) is 57.5 Å². The number of carboxylic acids is 1. The maximum absolute atomic E-state index is 13.7. The smallest absolute Gasteiger partial charge is 0.307 e. The monoisotopic (exact) mass is 344 g/mol. The maximum atomic E-state index is 13.7. The number of benzene rings is 2. The van der Waals surface area contributed by atoms with Crippen molar-refractivity contribution in [2.45, 2.75) is 52.6 Å². The van der Waals surface area contributed by atoms with Gasteiger partial charge in [-0.1, -0.05) is 45.9 Å². The number of aliphatic carboxylic acids is 1. The molecule has 2 aromatic rings. The molecule has 0 aliphatic rings. The summed E-state index contributed by atoms with van der Waals surface area (Å²) in [6.07, 6.45) is -0.263. The maximum Gasteiger partial charge on any atom is 0.307 e. The molecule has 2 N–H and O–H groups in total. The van der Waals surface area contributed by atoms with Crippen molar-refractivity contribution >= 4 is 5.97 Å². The van der Waals surface area contributed by atoms with E-state index in [9.17, 15) is 14.3 Å². The van der Waals surface area contributed by atoms with Crippen molar-refractivity contribution in [1.29, 1.82) is 0 Å². The van der Waals surface area contributed by atoms with Crippen molar-refractivity contribution in [2.75, 3.05) is 0 Å². The Hall–Kier alpha value is -2.20. The summed E-state index contributed by atoms with van der Waals surface area (Å²) >= 11 is 0. The summed E-state index contributed by atoms with van der Waals surface area (Å²) in [5.74, 6) is -0.980. The summed E-state index contributed by atoms with van der Waals surface area (Å²) in [6, 6.07) is 8.29. The van der Waals surface area contributed by atoms with Gasteiger partial charge in [0, 0.05) is 0 Å². The van der Waals surface area contributed by atoms with Gasteiger partial charge in [-0.3, -0.25) is 4.79 Å². The number of aliphatic hydroxyl groups excluding tert-OH is 1. The molecule has 0 saturated carbocycles. The molecule has 0 unspecified atom stereocenters. The summed E-state index contributed by atoms with van der Waals surface area (Å²) < 4.78 is 13.7. The number of halogens is 1. The van der Waals surface area contributed by atoms with E-state index >= 15 is 0 Å². The Labute approximate surface area is 148 Å². The second-order valence-corrected chi connectivity index (χ2v) is 6.98. The van der Waals surface area contributed by atoms with Crippen LogP contribution in [0.5, 0.6) is 0 Å². The predicted molar refractivity (Wildman–Crippen MR) is 97.3 cm³/mol. The number of carbonyl (C=O) groups is 1. The number of hydrogen-bond donors (Lipinski definition) is 2. The largest absolute Gasteiger partial charge is 0.481 e. The van der Waals surface area contributed by atoms with E-state index in [0.29, 0.717) is 11.1 Å². The minimum absolute atomic E-state index is 0.148. The van der Waals surface area contributed by atoms with Crippen LogP contribution in [0, 0.1) is 5.82 Å². The van der Waals surface area contributed by atoms with E-state index < -0.39 is 11.8 Å². The molecular formula is C21H25FO3. The summed E-state index contributed by atoms with van der Waals surface area (Å²) in [5, 5.41) is 19.1. The standard InChI is InChI=1S/C21H25FO3/c1-12(2)14-8-18(13(3)4)20(11-23)19(9-14)17-6-5-16(22)7-15(17)10-21(24)25/h5-9,12-13,23H,10-11H2,1-4H3,(H,24,25). The van der Waals surface area contributed by atoms with Crippen molar-refractivity contribution < 1.29 is 19.4 Å². The molecule has 3 nitrogen and oxygen atoms in total. The number of rotatable bonds is 6. The Morgan fingerprint density at radius 1 is 1.04 bits per heavy atom. The Kier molecular flexibility index (Phi) is 5.96. The second-order valence-electron chi connectivity index (χ2n) is 6.98. The van der Waals surface area contributed by atoms with Crippen LogP contribution in [0.25, 0.3) is 11.1 Å². The van der Waals surface area contributed by atoms with Crippen LogP contribution in [0.4, 0.5) is 4.39 Å². The molecule has 25 heavy (non-hydrogen) atoms. The Bertz CT molecular complexity index is 779. The van der Waals surface area contributed by atoms with E-state index in [1.54, 1.807) is 6.07 Å². The zero-order valence-corrected chi connectivity index (χ0v) is 15.1. The number of carboxylic acid groups (broad SMARTS) is 1. The molecule has 0 radical (unpaired) electrons. The number of hydrogen-bond acceptors (Lipinski definition) is 2. The molecule has 134 valence electrons. The first-order chi connectivity index (χ1) is 11.7.